The lowest BCUT2D eigenvalue weighted by molar-refractivity contribution is -0.144. The van der Waals surface area contributed by atoms with Crippen LogP contribution in [0.15, 0.2) is 47.4 Å². The minimum absolute atomic E-state index is 0.0757. The molecule has 4 rings (SSSR count). The summed E-state index contributed by atoms with van der Waals surface area (Å²) in [5.41, 5.74) is -1.02. The van der Waals surface area contributed by atoms with Gasteiger partial charge in [-0.1, -0.05) is 11.6 Å². The molecule has 1 saturated heterocycles. The molecule has 11 heteroatoms. The van der Waals surface area contributed by atoms with Crippen LogP contribution in [-0.4, -0.2) is 63.0 Å². The summed E-state index contributed by atoms with van der Waals surface area (Å²) in [6.45, 7) is 6.29. The van der Waals surface area contributed by atoms with E-state index in [0.29, 0.717) is 43.9 Å². The molecule has 2 fully saturated rings. The standard InChI is InChI=1S/C29H36ClNO8S/c1-27(2,3)39-26(33)31-16-14-28(15-17-31)12-13-29(19-28,25(32)37-5)40(34,35)22-10-11-24(23(30)18-22)38-21-8-6-20(36-4)7-9-21/h6-11,18H,12-17,19H2,1-5H3. The van der Waals surface area contributed by atoms with E-state index >= 15 is 0 Å². The zero-order valence-electron chi connectivity index (χ0n) is 23.5. The molecule has 2 aliphatic rings. The first-order valence-corrected chi connectivity index (χ1v) is 15.0. The van der Waals surface area contributed by atoms with Gasteiger partial charge in [-0.2, -0.15) is 0 Å². The zero-order chi connectivity index (χ0) is 29.3. The van der Waals surface area contributed by atoms with Gasteiger partial charge in [-0.05, 0) is 101 Å². The summed E-state index contributed by atoms with van der Waals surface area (Å²) in [4.78, 5) is 27.3. The Bertz CT molecular complexity index is 1360. The number of hydrogen-bond acceptors (Lipinski definition) is 8. The number of piperidine rings is 1. The molecule has 2 aromatic carbocycles. The third-order valence-electron chi connectivity index (χ3n) is 7.77. The van der Waals surface area contributed by atoms with E-state index < -0.39 is 37.7 Å². The lowest BCUT2D eigenvalue weighted by Crippen LogP contribution is -2.48. The molecular weight excluding hydrogens is 558 g/mol. The highest BCUT2D eigenvalue weighted by Crippen LogP contribution is 2.55. The van der Waals surface area contributed by atoms with E-state index in [1.54, 1.807) is 36.3 Å². The average Bonchev–Trinajstić information content (AvgIpc) is 3.29. The number of sulfone groups is 1. The van der Waals surface area contributed by atoms with Crippen molar-refractivity contribution >= 4 is 33.5 Å². The second-order valence-corrected chi connectivity index (χ2v) is 14.2. The van der Waals surface area contributed by atoms with Gasteiger partial charge < -0.3 is 23.8 Å². The molecule has 1 aliphatic carbocycles. The van der Waals surface area contributed by atoms with E-state index in [1.807, 2.05) is 20.8 Å². The second-order valence-electron chi connectivity index (χ2n) is 11.5. The molecule has 1 spiro atoms. The van der Waals surface area contributed by atoms with Crippen LogP contribution in [0.25, 0.3) is 0 Å². The van der Waals surface area contributed by atoms with Gasteiger partial charge in [0.25, 0.3) is 0 Å². The van der Waals surface area contributed by atoms with Gasteiger partial charge in [0.2, 0.25) is 0 Å². The van der Waals surface area contributed by atoms with E-state index in [-0.39, 0.29) is 28.5 Å². The van der Waals surface area contributed by atoms with Crippen molar-refractivity contribution < 1.29 is 37.0 Å². The van der Waals surface area contributed by atoms with Crippen molar-refractivity contribution in [2.45, 2.75) is 68.1 Å². The van der Waals surface area contributed by atoms with Crippen molar-refractivity contribution in [3.8, 4) is 17.2 Å². The van der Waals surface area contributed by atoms with Gasteiger partial charge >= 0.3 is 12.1 Å². The number of methoxy groups -OCH3 is 2. The number of carbonyl (C=O) groups excluding carboxylic acids is 2. The summed E-state index contributed by atoms with van der Waals surface area (Å²) >= 11 is 6.46. The minimum Gasteiger partial charge on any atom is -0.497 e. The van der Waals surface area contributed by atoms with E-state index in [2.05, 4.69) is 0 Å². The van der Waals surface area contributed by atoms with Crippen LogP contribution in [0.3, 0.4) is 0 Å². The Kier molecular flexibility index (Phi) is 8.34. The Labute approximate surface area is 240 Å². The van der Waals surface area contributed by atoms with Gasteiger partial charge in [-0.15, -0.1) is 0 Å². The zero-order valence-corrected chi connectivity index (χ0v) is 25.1. The van der Waals surface area contributed by atoms with E-state index in [9.17, 15) is 18.0 Å². The number of rotatable bonds is 6. The molecule has 0 bridgehead atoms. The third-order valence-corrected chi connectivity index (χ3v) is 10.5. The van der Waals surface area contributed by atoms with Crippen molar-refractivity contribution in [3.63, 3.8) is 0 Å². The highest BCUT2D eigenvalue weighted by Gasteiger charge is 2.61. The predicted molar refractivity (Wildman–Crippen MR) is 150 cm³/mol. The third kappa shape index (κ3) is 5.88. The molecule has 1 heterocycles. The largest absolute Gasteiger partial charge is 0.497 e. The fourth-order valence-corrected chi connectivity index (χ4v) is 8.02. The summed E-state index contributed by atoms with van der Waals surface area (Å²) in [7, 11) is -1.43. The Morgan fingerprint density at radius 2 is 1.55 bits per heavy atom. The van der Waals surface area contributed by atoms with Crippen LogP contribution in [0, 0.1) is 5.41 Å². The molecule has 1 saturated carbocycles. The molecule has 1 atom stereocenters. The Morgan fingerprint density at radius 3 is 2.10 bits per heavy atom. The minimum atomic E-state index is -4.20. The highest BCUT2D eigenvalue weighted by molar-refractivity contribution is 7.93. The van der Waals surface area contributed by atoms with Gasteiger partial charge in [-0.3, -0.25) is 4.79 Å². The normalized spacial score (nSPS) is 20.7. The smallest absolute Gasteiger partial charge is 0.410 e. The highest BCUT2D eigenvalue weighted by atomic mass is 35.5. The summed E-state index contributed by atoms with van der Waals surface area (Å²) in [5, 5.41) is 0.0929. The predicted octanol–water partition coefficient (Wildman–Crippen LogP) is 6.03. The average molecular weight is 594 g/mol. The van der Waals surface area contributed by atoms with Crippen molar-refractivity contribution in [2.75, 3.05) is 27.3 Å². The Balaban J connectivity index is 1.55. The number of likely N-dealkylation sites (tertiary alicyclic amines) is 1. The topological polar surface area (TPSA) is 108 Å². The van der Waals surface area contributed by atoms with Gasteiger partial charge in [0.05, 0.1) is 24.1 Å². The van der Waals surface area contributed by atoms with Crippen LogP contribution in [-0.2, 0) is 24.1 Å². The first-order chi connectivity index (χ1) is 18.7. The number of amides is 1. The monoisotopic (exact) mass is 593 g/mol. The van der Waals surface area contributed by atoms with Crippen LogP contribution in [0.1, 0.15) is 52.9 Å². The Morgan fingerprint density at radius 1 is 0.925 bits per heavy atom. The van der Waals surface area contributed by atoms with Crippen molar-refractivity contribution in [1.29, 1.82) is 0 Å². The fourth-order valence-electron chi connectivity index (χ4n) is 5.59. The number of hydrogen-bond donors (Lipinski definition) is 0. The molecule has 2 aromatic rings. The van der Waals surface area contributed by atoms with Crippen LogP contribution in [0.4, 0.5) is 4.79 Å². The van der Waals surface area contributed by atoms with Gasteiger partial charge in [0, 0.05) is 13.1 Å². The van der Waals surface area contributed by atoms with Crippen molar-refractivity contribution in [2.24, 2.45) is 5.41 Å². The fraction of sp³-hybridized carbons (Fsp3) is 0.517. The van der Waals surface area contributed by atoms with Crippen molar-refractivity contribution in [1.82, 2.24) is 4.90 Å². The first-order valence-electron chi connectivity index (χ1n) is 13.2. The summed E-state index contributed by atoms with van der Waals surface area (Å²) in [6, 6.07) is 11.1. The number of carbonyl (C=O) groups is 2. The number of nitrogens with zero attached hydrogens (tertiary/aromatic N) is 1. The van der Waals surface area contributed by atoms with E-state index in [0.717, 1.165) is 0 Å². The maximum atomic E-state index is 14.1. The van der Waals surface area contributed by atoms with Crippen LogP contribution < -0.4 is 9.47 Å². The van der Waals surface area contributed by atoms with Gasteiger partial charge in [-0.25, -0.2) is 13.2 Å². The summed E-state index contributed by atoms with van der Waals surface area (Å²) in [5.74, 6) is 0.654. The Hall–Kier alpha value is -2.98. The number of benzene rings is 2. The molecule has 40 heavy (non-hydrogen) atoms. The SMILES string of the molecule is COC(=O)C1(S(=O)(=O)c2ccc(Oc3ccc(OC)cc3)c(Cl)c2)CCC2(CCN(C(=O)OC(C)(C)C)CC2)C1. The van der Waals surface area contributed by atoms with E-state index in [1.165, 1.54) is 25.3 Å². The molecule has 9 nitrogen and oxygen atoms in total. The molecule has 0 radical (unpaired) electrons. The lowest BCUT2D eigenvalue weighted by Gasteiger charge is -2.40. The van der Waals surface area contributed by atoms with Crippen LogP contribution in [0.5, 0.6) is 17.2 Å². The molecule has 1 unspecified atom stereocenters. The summed E-state index contributed by atoms with van der Waals surface area (Å²) < 4.78 is 48.0. The van der Waals surface area contributed by atoms with Crippen LogP contribution in [0.2, 0.25) is 5.02 Å². The van der Waals surface area contributed by atoms with Crippen LogP contribution >= 0.6 is 11.6 Å². The molecule has 1 amide bonds. The molecule has 0 aromatic heterocycles. The number of ether oxygens (including phenoxy) is 4. The number of halogens is 1. The maximum absolute atomic E-state index is 14.1. The van der Waals surface area contributed by atoms with Gasteiger partial charge in [0.1, 0.15) is 22.8 Å². The molecule has 1 aliphatic heterocycles. The van der Waals surface area contributed by atoms with Gasteiger partial charge in [0.15, 0.2) is 14.6 Å². The number of esters is 1. The van der Waals surface area contributed by atoms with E-state index in [4.69, 9.17) is 30.5 Å². The molecule has 218 valence electrons. The summed E-state index contributed by atoms with van der Waals surface area (Å²) in [6.07, 6.45) is 1.50. The quantitative estimate of drug-likeness (QED) is 0.374. The lowest BCUT2D eigenvalue weighted by atomic mass is 9.76. The first kappa shape index (κ1) is 30.0. The van der Waals surface area contributed by atoms with Crippen molar-refractivity contribution in [3.05, 3.63) is 47.5 Å². The molecular formula is C29H36ClNO8S. The second kappa shape index (κ2) is 11.1. The maximum Gasteiger partial charge on any atom is 0.410 e. The molecule has 0 N–H and O–H groups in total.